The smallest absolute Gasteiger partial charge is 0.0894 e. The number of unbranched alkanes of at least 4 members (excludes halogenated alkanes) is 2. The first-order chi connectivity index (χ1) is 7.56. The Bertz CT molecular complexity index is 198. The summed E-state index contributed by atoms with van der Waals surface area (Å²) < 4.78 is 11.9. The molecular weight excluding hydrogens is 203 g/mol. The third-order valence-electron chi connectivity index (χ3n) is 3.57. The van der Waals surface area contributed by atoms with Crippen molar-refractivity contribution >= 4 is 0 Å². The highest BCUT2D eigenvalue weighted by molar-refractivity contribution is 4.86. The topological polar surface area (TPSA) is 6.48 Å². The van der Waals surface area contributed by atoms with Gasteiger partial charge in [0.05, 0.1) is 6.67 Å². The van der Waals surface area contributed by atoms with Crippen molar-refractivity contribution in [3.8, 4) is 0 Å². The largest absolute Gasteiger partial charge is 0.306 e. The Kier molecular flexibility index (Phi) is 5.70. The highest BCUT2D eigenvalue weighted by Gasteiger charge is 2.32. The molecule has 3 heteroatoms. The van der Waals surface area contributed by atoms with Gasteiger partial charge in [-0.15, -0.1) is 0 Å². The first-order valence-corrected chi connectivity index (χ1v) is 6.49. The van der Waals surface area contributed by atoms with Gasteiger partial charge in [-0.25, -0.2) is 0 Å². The molecule has 0 amide bonds. The van der Waals surface area contributed by atoms with Crippen LogP contribution >= 0.6 is 0 Å². The quantitative estimate of drug-likeness (QED) is 0.620. The van der Waals surface area contributed by atoms with Crippen LogP contribution in [-0.2, 0) is 0 Å². The summed E-state index contributed by atoms with van der Waals surface area (Å²) in [7, 11) is 4.39. The number of hydrogen-bond acceptors (Lipinski definition) is 2. The van der Waals surface area contributed by atoms with Gasteiger partial charge in [0.1, 0.15) is 0 Å². The zero-order valence-corrected chi connectivity index (χ0v) is 11.1. The Balaban J connectivity index is 2.15. The fourth-order valence-electron chi connectivity index (χ4n) is 2.78. The molecule has 1 fully saturated rings. The van der Waals surface area contributed by atoms with E-state index in [0.29, 0.717) is 5.41 Å². The summed E-state index contributed by atoms with van der Waals surface area (Å²) in [6.45, 7) is 6.95. The second kappa shape index (κ2) is 6.55. The van der Waals surface area contributed by atoms with E-state index < -0.39 is 0 Å². The molecule has 0 aliphatic carbocycles. The molecule has 16 heavy (non-hydrogen) atoms. The van der Waals surface area contributed by atoms with Gasteiger partial charge in [0.15, 0.2) is 0 Å². The van der Waals surface area contributed by atoms with E-state index in [9.17, 15) is 4.39 Å². The minimum Gasteiger partial charge on any atom is -0.306 e. The standard InChI is InChI=1S/C13H27FN2/c1-13(7-10-16(3)12-13)11-15(2)9-6-4-5-8-14/h4-12H2,1-3H3. The Morgan fingerprint density at radius 2 is 2.06 bits per heavy atom. The third kappa shape index (κ3) is 4.79. The number of alkyl halides is 1. The molecule has 1 unspecified atom stereocenters. The maximum Gasteiger partial charge on any atom is 0.0894 e. The number of likely N-dealkylation sites (tertiary alicyclic amines) is 1. The predicted molar refractivity (Wildman–Crippen MR) is 67.5 cm³/mol. The van der Waals surface area contributed by atoms with Gasteiger partial charge in [0, 0.05) is 13.1 Å². The van der Waals surface area contributed by atoms with Crippen LogP contribution in [0.2, 0.25) is 0 Å². The van der Waals surface area contributed by atoms with Gasteiger partial charge in [-0.3, -0.25) is 4.39 Å². The fourth-order valence-corrected chi connectivity index (χ4v) is 2.78. The van der Waals surface area contributed by atoms with E-state index in [4.69, 9.17) is 0 Å². The summed E-state index contributed by atoms with van der Waals surface area (Å²) in [6, 6.07) is 0. The first-order valence-electron chi connectivity index (χ1n) is 6.49. The van der Waals surface area contributed by atoms with Crippen molar-refractivity contribution in [1.82, 2.24) is 9.80 Å². The molecule has 1 aliphatic heterocycles. The van der Waals surface area contributed by atoms with Gasteiger partial charge in [0.25, 0.3) is 0 Å². The normalized spacial score (nSPS) is 26.8. The summed E-state index contributed by atoms with van der Waals surface area (Å²) in [5.41, 5.74) is 0.462. The van der Waals surface area contributed by atoms with Crippen molar-refractivity contribution in [2.75, 3.05) is 46.9 Å². The molecule has 1 rings (SSSR count). The molecule has 0 bridgehead atoms. The lowest BCUT2D eigenvalue weighted by molar-refractivity contribution is 0.192. The lowest BCUT2D eigenvalue weighted by Gasteiger charge is -2.29. The van der Waals surface area contributed by atoms with E-state index in [1.807, 2.05) is 0 Å². The number of nitrogens with zero attached hydrogens (tertiary/aromatic N) is 2. The van der Waals surface area contributed by atoms with Crippen LogP contribution in [0.1, 0.15) is 32.6 Å². The molecule has 0 radical (unpaired) electrons. The number of rotatable bonds is 7. The maximum atomic E-state index is 11.9. The first kappa shape index (κ1) is 13.9. The Labute approximate surface area is 99.8 Å². The molecular formula is C13H27FN2. The van der Waals surface area contributed by atoms with Gasteiger partial charge < -0.3 is 9.80 Å². The van der Waals surface area contributed by atoms with E-state index in [-0.39, 0.29) is 6.67 Å². The fraction of sp³-hybridized carbons (Fsp3) is 1.00. The Morgan fingerprint density at radius 3 is 2.62 bits per heavy atom. The summed E-state index contributed by atoms with van der Waals surface area (Å²) in [5.74, 6) is 0. The molecule has 1 saturated heterocycles. The van der Waals surface area contributed by atoms with E-state index in [2.05, 4.69) is 30.8 Å². The lowest BCUT2D eigenvalue weighted by atomic mass is 9.89. The molecule has 96 valence electrons. The molecule has 0 N–H and O–H groups in total. The maximum absolute atomic E-state index is 11.9. The molecule has 0 saturated carbocycles. The second-order valence-electron chi connectivity index (χ2n) is 5.79. The van der Waals surface area contributed by atoms with E-state index in [1.165, 1.54) is 26.1 Å². The highest BCUT2D eigenvalue weighted by Crippen LogP contribution is 2.29. The van der Waals surface area contributed by atoms with Crippen molar-refractivity contribution in [2.45, 2.75) is 32.6 Å². The van der Waals surface area contributed by atoms with Gasteiger partial charge >= 0.3 is 0 Å². The zero-order valence-electron chi connectivity index (χ0n) is 11.1. The minimum absolute atomic E-state index is 0.160. The molecule has 0 aromatic rings. The van der Waals surface area contributed by atoms with Gasteiger partial charge in [-0.2, -0.15) is 0 Å². The predicted octanol–water partition coefficient (Wildman–Crippen LogP) is 2.40. The van der Waals surface area contributed by atoms with Crippen molar-refractivity contribution in [2.24, 2.45) is 5.41 Å². The highest BCUT2D eigenvalue weighted by atomic mass is 19.1. The van der Waals surface area contributed by atoms with Crippen LogP contribution < -0.4 is 0 Å². The lowest BCUT2D eigenvalue weighted by Crippen LogP contribution is -2.35. The van der Waals surface area contributed by atoms with Gasteiger partial charge in [0.2, 0.25) is 0 Å². The van der Waals surface area contributed by atoms with E-state index >= 15 is 0 Å². The summed E-state index contributed by atoms with van der Waals surface area (Å²) >= 11 is 0. The van der Waals surface area contributed by atoms with Crippen LogP contribution in [0.4, 0.5) is 4.39 Å². The van der Waals surface area contributed by atoms with Crippen LogP contribution in [-0.4, -0.2) is 56.7 Å². The monoisotopic (exact) mass is 230 g/mol. The van der Waals surface area contributed by atoms with E-state index in [1.54, 1.807) is 0 Å². The van der Waals surface area contributed by atoms with Crippen molar-refractivity contribution in [3.05, 3.63) is 0 Å². The molecule has 0 spiro atoms. The molecule has 2 nitrogen and oxygen atoms in total. The second-order valence-corrected chi connectivity index (χ2v) is 5.79. The van der Waals surface area contributed by atoms with Crippen LogP contribution in [0.5, 0.6) is 0 Å². The SMILES string of the molecule is CN(CCCCCF)CC1(C)CCN(C)C1. The average Bonchev–Trinajstić information content (AvgIpc) is 2.53. The van der Waals surface area contributed by atoms with Crippen molar-refractivity contribution in [3.63, 3.8) is 0 Å². The Morgan fingerprint density at radius 1 is 1.31 bits per heavy atom. The molecule has 1 atom stereocenters. The minimum atomic E-state index is -0.160. The molecule has 1 aliphatic rings. The summed E-state index contributed by atoms with van der Waals surface area (Å²) in [4.78, 5) is 4.83. The van der Waals surface area contributed by atoms with Crippen LogP contribution in [0.3, 0.4) is 0 Å². The van der Waals surface area contributed by atoms with Crippen LogP contribution in [0.25, 0.3) is 0 Å². The van der Waals surface area contributed by atoms with Crippen molar-refractivity contribution < 1.29 is 4.39 Å². The number of halogens is 1. The Hall–Kier alpha value is -0.150. The zero-order chi connectivity index (χ0) is 12.0. The van der Waals surface area contributed by atoms with E-state index in [0.717, 1.165) is 25.8 Å². The van der Waals surface area contributed by atoms with Crippen LogP contribution in [0, 0.1) is 5.41 Å². The third-order valence-corrected chi connectivity index (χ3v) is 3.57. The van der Waals surface area contributed by atoms with Gasteiger partial charge in [-0.05, 0) is 58.3 Å². The molecule has 0 aromatic carbocycles. The van der Waals surface area contributed by atoms with Crippen LogP contribution in [0.15, 0.2) is 0 Å². The molecule has 1 heterocycles. The van der Waals surface area contributed by atoms with Gasteiger partial charge in [-0.1, -0.05) is 6.92 Å². The summed E-state index contributed by atoms with van der Waals surface area (Å²) in [6.07, 6.45) is 4.19. The average molecular weight is 230 g/mol. The summed E-state index contributed by atoms with van der Waals surface area (Å²) in [5, 5.41) is 0. The molecule has 0 aromatic heterocycles. The number of hydrogen-bond donors (Lipinski definition) is 0. The van der Waals surface area contributed by atoms with Crippen molar-refractivity contribution in [1.29, 1.82) is 0 Å².